The molecular formula is C30H38O4. The van der Waals surface area contributed by atoms with Crippen LogP contribution in [0.15, 0.2) is 54.6 Å². The van der Waals surface area contributed by atoms with Crippen LogP contribution in [0.4, 0.5) is 0 Å². The molecule has 0 amide bonds. The molecule has 0 unspecified atom stereocenters. The topological polar surface area (TPSA) is 69.9 Å². The highest BCUT2D eigenvalue weighted by Crippen LogP contribution is 2.38. The van der Waals surface area contributed by atoms with Gasteiger partial charge < -0.3 is 20.1 Å². The molecule has 0 saturated heterocycles. The number of aliphatic hydroxyl groups excluding tert-OH is 2. The van der Waals surface area contributed by atoms with Crippen molar-refractivity contribution in [3.05, 3.63) is 88.0 Å². The number of rotatable bonds is 10. The summed E-state index contributed by atoms with van der Waals surface area (Å²) < 4.78 is 6.11. The first-order valence-electron chi connectivity index (χ1n) is 12.2. The zero-order valence-corrected chi connectivity index (χ0v) is 21.1. The molecule has 3 aromatic rings. The molecule has 0 bridgehead atoms. The Hall–Kier alpha value is -2.66. The Morgan fingerprint density at radius 3 is 2.15 bits per heavy atom. The van der Waals surface area contributed by atoms with Crippen LogP contribution in [0.1, 0.15) is 79.8 Å². The predicted octanol–water partition coefficient (Wildman–Crippen LogP) is 6.36. The van der Waals surface area contributed by atoms with E-state index in [-0.39, 0.29) is 13.2 Å². The second-order valence-electron chi connectivity index (χ2n) is 9.38. The van der Waals surface area contributed by atoms with Gasteiger partial charge in [0.25, 0.3) is 0 Å². The summed E-state index contributed by atoms with van der Waals surface area (Å²) in [7, 11) is 0. The van der Waals surface area contributed by atoms with Gasteiger partial charge in [0.2, 0.25) is 0 Å². The van der Waals surface area contributed by atoms with Crippen LogP contribution in [0.25, 0.3) is 11.1 Å². The molecule has 0 heterocycles. The minimum atomic E-state index is -0.804. The van der Waals surface area contributed by atoms with Gasteiger partial charge in [-0.15, -0.1) is 0 Å². The van der Waals surface area contributed by atoms with Crippen LogP contribution in [0.5, 0.6) is 5.75 Å². The van der Waals surface area contributed by atoms with Gasteiger partial charge in [0, 0.05) is 0 Å². The molecular weight excluding hydrogens is 424 g/mol. The van der Waals surface area contributed by atoms with Crippen molar-refractivity contribution in [1.29, 1.82) is 0 Å². The molecule has 0 atom stereocenters. The summed E-state index contributed by atoms with van der Waals surface area (Å²) in [6.07, 6.45) is 1.36. The zero-order chi connectivity index (χ0) is 24.9. The van der Waals surface area contributed by atoms with Crippen LogP contribution in [-0.4, -0.2) is 15.3 Å². The fourth-order valence-electron chi connectivity index (χ4n) is 4.45. The maximum Gasteiger partial charge on any atom is 0.120 e. The highest BCUT2D eigenvalue weighted by Gasteiger charge is 2.26. The van der Waals surface area contributed by atoms with Gasteiger partial charge in [-0.25, -0.2) is 0 Å². The highest BCUT2D eigenvalue weighted by atomic mass is 16.5. The first kappa shape index (κ1) is 26.0. The summed E-state index contributed by atoms with van der Waals surface area (Å²) in [5.41, 5.74) is 7.21. The van der Waals surface area contributed by atoms with E-state index in [9.17, 15) is 15.3 Å². The van der Waals surface area contributed by atoms with Crippen LogP contribution >= 0.6 is 0 Å². The zero-order valence-electron chi connectivity index (χ0n) is 21.1. The molecule has 3 rings (SSSR count). The minimum Gasteiger partial charge on any atom is -0.489 e. The second-order valence-corrected chi connectivity index (χ2v) is 9.38. The number of hydrogen-bond acceptors (Lipinski definition) is 4. The van der Waals surface area contributed by atoms with E-state index in [2.05, 4.69) is 51.1 Å². The van der Waals surface area contributed by atoms with Crippen molar-refractivity contribution in [1.82, 2.24) is 0 Å². The van der Waals surface area contributed by atoms with Crippen molar-refractivity contribution in [2.75, 3.05) is 0 Å². The van der Waals surface area contributed by atoms with Crippen molar-refractivity contribution in [3.63, 3.8) is 0 Å². The average molecular weight is 463 g/mol. The Bertz CT molecular complexity index is 1110. The maximum atomic E-state index is 11.1. The molecule has 182 valence electrons. The maximum absolute atomic E-state index is 11.1. The molecule has 0 spiro atoms. The van der Waals surface area contributed by atoms with Crippen molar-refractivity contribution < 1.29 is 20.1 Å². The van der Waals surface area contributed by atoms with Gasteiger partial charge in [-0.3, -0.25) is 0 Å². The Morgan fingerprint density at radius 1 is 0.824 bits per heavy atom. The number of ether oxygens (including phenoxy) is 1. The lowest BCUT2D eigenvalue weighted by Crippen LogP contribution is -2.23. The number of aliphatic hydroxyl groups is 3. The Balaban J connectivity index is 1.93. The van der Waals surface area contributed by atoms with Crippen LogP contribution in [0.2, 0.25) is 0 Å². The van der Waals surface area contributed by atoms with E-state index < -0.39 is 5.60 Å². The summed E-state index contributed by atoms with van der Waals surface area (Å²) in [5.74, 6) is 1.08. The second kappa shape index (κ2) is 11.2. The van der Waals surface area contributed by atoms with E-state index in [0.717, 1.165) is 39.1 Å². The molecule has 34 heavy (non-hydrogen) atoms. The number of aryl methyl sites for hydroxylation is 1. The Morgan fingerprint density at radius 2 is 1.53 bits per heavy atom. The summed E-state index contributed by atoms with van der Waals surface area (Å²) in [6, 6.07) is 18.1. The van der Waals surface area contributed by atoms with Gasteiger partial charge in [-0.1, -0.05) is 64.1 Å². The Labute approximate surface area is 203 Å². The molecule has 0 aliphatic rings. The largest absolute Gasteiger partial charge is 0.489 e. The van der Waals surface area contributed by atoms with Gasteiger partial charge in [-0.05, 0) is 88.4 Å². The van der Waals surface area contributed by atoms with E-state index in [4.69, 9.17) is 4.74 Å². The fraction of sp³-hybridized carbons (Fsp3) is 0.400. The van der Waals surface area contributed by atoms with Crippen LogP contribution in [0, 0.1) is 6.92 Å². The lowest BCUT2D eigenvalue weighted by molar-refractivity contribution is 0.0283. The smallest absolute Gasteiger partial charge is 0.120 e. The normalized spacial score (nSPS) is 11.8. The molecule has 4 heteroatoms. The molecule has 3 N–H and O–H groups in total. The third-order valence-corrected chi connectivity index (χ3v) is 6.90. The molecule has 0 fully saturated rings. The van der Waals surface area contributed by atoms with Crippen molar-refractivity contribution in [2.45, 2.75) is 78.8 Å². The summed E-state index contributed by atoms with van der Waals surface area (Å²) in [5, 5.41) is 30.0. The lowest BCUT2D eigenvalue weighted by Gasteiger charge is -2.28. The van der Waals surface area contributed by atoms with E-state index in [1.165, 1.54) is 5.56 Å². The first-order chi connectivity index (χ1) is 16.3. The highest BCUT2D eigenvalue weighted by molar-refractivity contribution is 5.73. The third-order valence-electron chi connectivity index (χ3n) is 6.90. The van der Waals surface area contributed by atoms with Gasteiger partial charge in [0.15, 0.2) is 0 Å². The van der Waals surface area contributed by atoms with Crippen molar-refractivity contribution in [2.24, 2.45) is 0 Å². The molecule has 0 saturated carbocycles. The minimum absolute atomic E-state index is 0.0940. The fourth-order valence-corrected chi connectivity index (χ4v) is 4.45. The van der Waals surface area contributed by atoms with Crippen LogP contribution < -0.4 is 4.74 Å². The Kier molecular flexibility index (Phi) is 8.53. The standard InChI is InChI=1S/C30H38O4/c1-6-30(33,7-2)25-11-13-27(28(15-25)20(3)4)29-16-26(12-8-21(29)5)34-19-22-9-10-23(17-31)24(14-22)18-32/h8-16,20,31-33H,6-7,17-19H2,1-5H3. The number of hydrogen-bond donors (Lipinski definition) is 3. The summed E-state index contributed by atoms with van der Waals surface area (Å²) in [6.45, 7) is 10.7. The summed E-state index contributed by atoms with van der Waals surface area (Å²) in [4.78, 5) is 0. The van der Waals surface area contributed by atoms with Gasteiger partial charge in [0.05, 0.1) is 18.8 Å². The quantitative estimate of drug-likeness (QED) is 0.328. The predicted molar refractivity (Wildman–Crippen MR) is 138 cm³/mol. The van der Waals surface area contributed by atoms with Crippen LogP contribution in [0.3, 0.4) is 0 Å². The SMILES string of the molecule is CCC(O)(CC)c1ccc(-c2cc(OCc3ccc(CO)c(CO)c3)ccc2C)c(C(C)C)c1. The monoisotopic (exact) mass is 462 g/mol. The van der Waals surface area contributed by atoms with Gasteiger partial charge in [0.1, 0.15) is 12.4 Å². The lowest BCUT2D eigenvalue weighted by atomic mass is 9.83. The molecule has 4 nitrogen and oxygen atoms in total. The van der Waals surface area contributed by atoms with E-state index in [1.807, 2.05) is 38.1 Å². The van der Waals surface area contributed by atoms with E-state index >= 15 is 0 Å². The van der Waals surface area contributed by atoms with Crippen LogP contribution in [-0.2, 0) is 25.4 Å². The summed E-state index contributed by atoms with van der Waals surface area (Å²) >= 11 is 0. The van der Waals surface area contributed by atoms with Crippen molar-refractivity contribution in [3.8, 4) is 16.9 Å². The number of benzene rings is 3. The van der Waals surface area contributed by atoms with Gasteiger partial charge >= 0.3 is 0 Å². The van der Waals surface area contributed by atoms with Gasteiger partial charge in [-0.2, -0.15) is 0 Å². The molecule has 0 radical (unpaired) electrons. The molecule has 0 aromatic heterocycles. The molecule has 0 aliphatic heterocycles. The third kappa shape index (κ3) is 5.52. The average Bonchev–Trinajstić information content (AvgIpc) is 2.87. The molecule has 3 aromatic carbocycles. The van der Waals surface area contributed by atoms with Crippen molar-refractivity contribution >= 4 is 0 Å². The van der Waals surface area contributed by atoms with E-state index in [0.29, 0.717) is 30.9 Å². The molecule has 0 aliphatic carbocycles. The first-order valence-corrected chi connectivity index (χ1v) is 12.2. The van der Waals surface area contributed by atoms with E-state index in [1.54, 1.807) is 0 Å².